The first-order valence-electron chi connectivity index (χ1n) is 6.56. The maximum absolute atomic E-state index is 12.3. The monoisotopic (exact) mass is 388 g/mol. The number of amides is 1. The summed E-state index contributed by atoms with van der Waals surface area (Å²) < 4.78 is 0.818. The Bertz CT molecular complexity index is 533. The molecule has 1 saturated carbocycles. The van der Waals surface area contributed by atoms with E-state index in [1.54, 1.807) is 18.2 Å². The molecule has 0 radical (unpaired) electrons. The van der Waals surface area contributed by atoms with Crippen LogP contribution in [0.25, 0.3) is 0 Å². The number of hydrogen-bond donors (Lipinski definition) is 3. The summed E-state index contributed by atoms with van der Waals surface area (Å²) in [5.41, 5.74) is 6.15. The van der Waals surface area contributed by atoms with Gasteiger partial charge in [-0.05, 0) is 66.1 Å². The first-order valence-corrected chi connectivity index (χ1v) is 7.64. The fourth-order valence-corrected chi connectivity index (χ4v) is 3.18. The molecule has 20 heavy (non-hydrogen) atoms. The summed E-state index contributed by atoms with van der Waals surface area (Å²) in [6.45, 7) is 0.497. The standard InChI is InChI=1S/C14H17IN2O3/c15-9-4-5-12(11(6-9)14(19)20)17-13(18)10-3-1-2-8(10)7-16/h4-6,8,10H,1-3,7,16H2,(H,17,18)(H,19,20). The fourth-order valence-electron chi connectivity index (χ4n) is 2.69. The van der Waals surface area contributed by atoms with Crippen molar-refractivity contribution in [3.05, 3.63) is 27.3 Å². The average molecular weight is 388 g/mol. The number of hydrogen-bond acceptors (Lipinski definition) is 3. The van der Waals surface area contributed by atoms with E-state index in [1.807, 2.05) is 22.6 Å². The minimum atomic E-state index is -1.04. The van der Waals surface area contributed by atoms with Gasteiger partial charge in [0.2, 0.25) is 5.91 Å². The van der Waals surface area contributed by atoms with Crippen molar-refractivity contribution in [2.75, 3.05) is 11.9 Å². The lowest BCUT2D eigenvalue weighted by Gasteiger charge is -2.18. The van der Waals surface area contributed by atoms with Crippen molar-refractivity contribution in [2.24, 2.45) is 17.6 Å². The molecule has 0 aliphatic heterocycles. The van der Waals surface area contributed by atoms with Crippen LogP contribution >= 0.6 is 22.6 Å². The molecule has 4 N–H and O–H groups in total. The zero-order chi connectivity index (χ0) is 14.7. The molecule has 1 amide bonds. The fraction of sp³-hybridized carbons (Fsp3) is 0.429. The van der Waals surface area contributed by atoms with Crippen LogP contribution in [0.3, 0.4) is 0 Å². The molecule has 0 aromatic heterocycles. The maximum atomic E-state index is 12.3. The van der Waals surface area contributed by atoms with Gasteiger partial charge < -0.3 is 16.2 Å². The van der Waals surface area contributed by atoms with Gasteiger partial charge in [-0.2, -0.15) is 0 Å². The Morgan fingerprint density at radius 2 is 2.15 bits per heavy atom. The van der Waals surface area contributed by atoms with Crippen molar-refractivity contribution in [2.45, 2.75) is 19.3 Å². The highest BCUT2D eigenvalue weighted by atomic mass is 127. The van der Waals surface area contributed by atoms with Gasteiger partial charge in [0.05, 0.1) is 11.3 Å². The molecule has 1 aliphatic carbocycles. The summed E-state index contributed by atoms with van der Waals surface area (Å²) >= 11 is 2.04. The number of carbonyl (C=O) groups is 2. The molecular weight excluding hydrogens is 371 g/mol. The second kappa shape index (κ2) is 6.53. The molecule has 1 aromatic rings. The molecule has 5 nitrogen and oxygen atoms in total. The minimum absolute atomic E-state index is 0.110. The Morgan fingerprint density at radius 3 is 2.80 bits per heavy atom. The topological polar surface area (TPSA) is 92.4 Å². The third-order valence-corrected chi connectivity index (χ3v) is 4.44. The second-order valence-corrected chi connectivity index (χ2v) is 6.26. The van der Waals surface area contributed by atoms with Gasteiger partial charge in [-0.25, -0.2) is 4.79 Å². The van der Waals surface area contributed by atoms with E-state index < -0.39 is 5.97 Å². The molecule has 0 spiro atoms. The van der Waals surface area contributed by atoms with E-state index >= 15 is 0 Å². The van der Waals surface area contributed by atoms with E-state index in [0.717, 1.165) is 22.8 Å². The molecular formula is C14H17IN2O3. The normalized spacial score (nSPS) is 21.7. The average Bonchev–Trinajstić information content (AvgIpc) is 2.89. The lowest BCUT2D eigenvalue weighted by atomic mass is 9.95. The van der Waals surface area contributed by atoms with Crippen molar-refractivity contribution in [3.63, 3.8) is 0 Å². The molecule has 0 bridgehead atoms. The zero-order valence-corrected chi connectivity index (χ0v) is 13.1. The van der Waals surface area contributed by atoms with Crippen LogP contribution in [0, 0.1) is 15.4 Å². The van der Waals surface area contributed by atoms with Crippen molar-refractivity contribution < 1.29 is 14.7 Å². The molecule has 0 saturated heterocycles. The van der Waals surface area contributed by atoms with Gasteiger partial charge in [-0.3, -0.25) is 4.79 Å². The number of carboxylic acids is 1. The summed E-state index contributed by atoms with van der Waals surface area (Å²) in [5, 5.41) is 11.9. The van der Waals surface area contributed by atoms with E-state index in [0.29, 0.717) is 12.2 Å². The summed E-state index contributed by atoms with van der Waals surface area (Å²) in [6.07, 6.45) is 2.78. The molecule has 2 unspecified atom stereocenters. The number of anilines is 1. The largest absolute Gasteiger partial charge is 0.478 e. The van der Waals surface area contributed by atoms with Gasteiger partial charge in [0.1, 0.15) is 0 Å². The van der Waals surface area contributed by atoms with Crippen LogP contribution in [0.5, 0.6) is 0 Å². The van der Waals surface area contributed by atoms with E-state index in [1.165, 1.54) is 0 Å². The molecule has 0 heterocycles. The third-order valence-electron chi connectivity index (χ3n) is 3.77. The molecule has 108 valence electrons. The lowest BCUT2D eigenvalue weighted by molar-refractivity contribution is -0.120. The predicted octanol–water partition coefficient (Wildman–Crippen LogP) is 2.30. The number of carboxylic acid groups (broad SMARTS) is 1. The van der Waals surface area contributed by atoms with Gasteiger partial charge in [0.25, 0.3) is 0 Å². The van der Waals surface area contributed by atoms with Crippen LogP contribution in [0.1, 0.15) is 29.6 Å². The highest BCUT2D eigenvalue weighted by Gasteiger charge is 2.32. The number of aromatic carboxylic acids is 1. The van der Waals surface area contributed by atoms with Gasteiger partial charge >= 0.3 is 5.97 Å². The number of halogens is 1. The second-order valence-electron chi connectivity index (χ2n) is 5.02. The first-order chi connectivity index (χ1) is 9.52. The molecule has 1 aromatic carbocycles. The molecule has 2 atom stereocenters. The minimum Gasteiger partial charge on any atom is -0.478 e. The third kappa shape index (κ3) is 3.29. The first kappa shape index (κ1) is 15.2. The zero-order valence-electron chi connectivity index (χ0n) is 10.9. The van der Waals surface area contributed by atoms with Crippen molar-refractivity contribution in [1.29, 1.82) is 0 Å². The van der Waals surface area contributed by atoms with E-state index in [2.05, 4.69) is 5.32 Å². The van der Waals surface area contributed by atoms with Crippen molar-refractivity contribution in [1.82, 2.24) is 0 Å². The highest BCUT2D eigenvalue weighted by molar-refractivity contribution is 14.1. The van der Waals surface area contributed by atoms with Gasteiger partial charge in [-0.1, -0.05) is 6.42 Å². The van der Waals surface area contributed by atoms with Crippen LogP contribution in [-0.2, 0) is 4.79 Å². The van der Waals surface area contributed by atoms with Crippen LogP contribution in [0.2, 0.25) is 0 Å². The van der Waals surface area contributed by atoms with E-state index in [4.69, 9.17) is 5.73 Å². The quantitative estimate of drug-likeness (QED) is 0.691. The Hall–Kier alpha value is -1.15. The number of rotatable bonds is 4. The number of nitrogens with one attached hydrogen (secondary N) is 1. The van der Waals surface area contributed by atoms with Gasteiger partial charge in [-0.15, -0.1) is 0 Å². The van der Waals surface area contributed by atoms with Crippen LogP contribution in [-0.4, -0.2) is 23.5 Å². The molecule has 1 fully saturated rings. The Balaban J connectivity index is 2.17. The van der Waals surface area contributed by atoms with Crippen LogP contribution in [0.4, 0.5) is 5.69 Å². The van der Waals surface area contributed by atoms with E-state index in [9.17, 15) is 14.7 Å². The smallest absolute Gasteiger partial charge is 0.337 e. The van der Waals surface area contributed by atoms with Crippen LogP contribution in [0.15, 0.2) is 18.2 Å². The predicted molar refractivity (Wildman–Crippen MR) is 84.6 cm³/mol. The van der Waals surface area contributed by atoms with Gasteiger partial charge in [0, 0.05) is 9.49 Å². The van der Waals surface area contributed by atoms with Crippen molar-refractivity contribution in [3.8, 4) is 0 Å². The molecule has 6 heteroatoms. The highest BCUT2D eigenvalue weighted by Crippen LogP contribution is 2.32. The van der Waals surface area contributed by atoms with Crippen LogP contribution < -0.4 is 11.1 Å². The maximum Gasteiger partial charge on any atom is 0.337 e. The SMILES string of the molecule is NCC1CCCC1C(=O)Nc1ccc(I)cc1C(=O)O. The van der Waals surface area contributed by atoms with E-state index in [-0.39, 0.29) is 23.3 Å². The Morgan fingerprint density at radius 1 is 1.40 bits per heavy atom. The lowest BCUT2D eigenvalue weighted by Crippen LogP contribution is -2.30. The molecule has 2 rings (SSSR count). The number of benzene rings is 1. The van der Waals surface area contributed by atoms with Crippen molar-refractivity contribution >= 4 is 40.2 Å². The number of carbonyl (C=O) groups excluding carboxylic acids is 1. The molecule has 1 aliphatic rings. The summed E-state index contributed by atoms with van der Waals surface area (Å²) in [4.78, 5) is 23.5. The summed E-state index contributed by atoms with van der Waals surface area (Å²) in [7, 11) is 0. The number of nitrogens with two attached hydrogens (primary N) is 1. The summed E-state index contributed by atoms with van der Waals surface area (Å²) in [6, 6.07) is 4.96. The Labute approximate surface area is 131 Å². The van der Waals surface area contributed by atoms with Gasteiger partial charge in [0.15, 0.2) is 0 Å². The Kier molecular flexibility index (Phi) is 4.98. The summed E-state index contributed by atoms with van der Waals surface area (Å²) in [5.74, 6) is -1.07.